The van der Waals surface area contributed by atoms with E-state index in [1.165, 1.54) is 12.5 Å². The number of nitrogens with zero attached hydrogens (tertiary/aromatic N) is 3. The van der Waals surface area contributed by atoms with Gasteiger partial charge in [-0.1, -0.05) is 4.55 Å². The average Bonchev–Trinajstić information content (AvgIpc) is 2.47. The molecule has 0 fully saturated rings. The minimum absolute atomic E-state index is 0.226. The molecule has 0 spiro atoms. The van der Waals surface area contributed by atoms with Crippen molar-refractivity contribution in [1.29, 1.82) is 0 Å². The van der Waals surface area contributed by atoms with Gasteiger partial charge in [-0.2, -0.15) is 13.4 Å². The molecule has 0 atom stereocenters. The van der Waals surface area contributed by atoms with E-state index in [-0.39, 0.29) is 5.65 Å². The van der Waals surface area contributed by atoms with Crippen molar-refractivity contribution in [2.45, 2.75) is 5.16 Å². The summed E-state index contributed by atoms with van der Waals surface area (Å²) in [5.41, 5.74) is 0.636. The predicted molar refractivity (Wildman–Crippen MR) is 39.6 cm³/mol. The zero-order chi connectivity index (χ0) is 9.47. The van der Waals surface area contributed by atoms with Crippen molar-refractivity contribution in [3.05, 3.63) is 12.5 Å². The lowest BCUT2D eigenvalue weighted by atomic mass is 10.6. The highest BCUT2D eigenvalue weighted by molar-refractivity contribution is 7.85. The highest BCUT2D eigenvalue weighted by atomic mass is 32.2. The molecule has 2 rings (SSSR count). The minimum Gasteiger partial charge on any atom is -0.329 e. The highest BCUT2D eigenvalue weighted by Crippen LogP contribution is 2.07. The Labute approximate surface area is 72.6 Å². The van der Waals surface area contributed by atoms with Crippen LogP contribution < -0.4 is 0 Å². The first-order valence-corrected chi connectivity index (χ1v) is 4.60. The van der Waals surface area contributed by atoms with Crippen LogP contribution in [0.25, 0.3) is 11.2 Å². The molecular weight excluding hydrogens is 196 g/mol. The normalized spacial score (nSPS) is 12.1. The van der Waals surface area contributed by atoms with E-state index in [2.05, 4.69) is 19.9 Å². The zero-order valence-electron chi connectivity index (χ0n) is 6.13. The number of aromatic nitrogens is 4. The number of nitrogens with one attached hydrogen (secondary N) is 1. The van der Waals surface area contributed by atoms with Crippen molar-refractivity contribution in [3.63, 3.8) is 0 Å². The van der Waals surface area contributed by atoms with Gasteiger partial charge in [0, 0.05) is 0 Å². The number of H-pyrrole nitrogens is 1. The highest BCUT2D eigenvalue weighted by Gasteiger charge is 2.16. The smallest absolute Gasteiger partial charge is 0.329 e. The number of aromatic amines is 1. The lowest BCUT2D eigenvalue weighted by Gasteiger charge is -1.91. The van der Waals surface area contributed by atoms with Gasteiger partial charge in [0.1, 0.15) is 5.52 Å². The summed E-state index contributed by atoms with van der Waals surface area (Å²) in [5.74, 6) is 0. The van der Waals surface area contributed by atoms with E-state index in [0.717, 1.165) is 0 Å². The fraction of sp³-hybridized carbons (Fsp3) is 0. The number of fused-ring (bicyclic) bond motifs is 1. The third-order valence-corrected chi connectivity index (χ3v) is 2.02. The number of rotatable bonds is 1. The van der Waals surface area contributed by atoms with Crippen molar-refractivity contribution in [2.75, 3.05) is 0 Å². The minimum atomic E-state index is -4.59. The molecule has 0 aliphatic carbocycles. The Bertz CT molecular complexity index is 546. The van der Waals surface area contributed by atoms with Crippen molar-refractivity contribution in [2.24, 2.45) is 0 Å². The lowest BCUT2D eigenvalue weighted by Crippen LogP contribution is -2.02. The van der Waals surface area contributed by atoms with Crippen molar-refractivity contribution >= 4 is 21.3 Å². The van der Waals surface area contributed by atoms with Crippen LogP contribution in [0.5, 0.6) is 0 Å². The first-order chi connectivity index (χ1) is 6.07. The van der Waals surface area contributed by atoms with E-state index in [9.17, 15) is 13.0 Å². The van der Waals surface area contributed by atoms with Gasteiger partial charge in [-0.3, -0.25) is 0 Å². The fourth-order valence-electron chi connectivity index (χ4n) is 0.843. The number of hydrogen-bond acceptors (Lipinski definition) is 5. The molecule has 1 radical (unpaired) electrons. The Balaban J connectivity index is 2.75. The van der Waals surface area contributed by atoms with E-state index in [0.29, 0.717) is 5.52 Å². The summed E-state index contributed by atoms with van der Waals surface area (Å²) in [7, 11) is -4.59. The molecule has 0 saturated heterocycles. The summed E-state index contributed by atoms with van der Waals surface area (Å²) in [4.78, 5) is 13.2. The SMILES string of the molecule is [O]S(=O)(=O)c1ncc2nc[nH]c2n1. The second-order valence-electron chi connectivity index (χ2n) is 2.24. The number of hydrogen-bond donors (Lipinski definition) is 1. The maximum atomic E-state index is 10.5. The van der Waals surface area contributed by atoms with Gasteiger partial charge in [0.2, 0.25) is 0 Å². The molecule has 2 aromatic heterocycles. The number of imidazole rings is 1. The molecule has 13 heavy (non-hydrogen) atoms. The summed E-state index contributed by atoms with van der Waals surface area (Å²) in [5, 5.41) is -0.746. The molecule has 0 saturated carbocycles. The molecule has 7 nitrogen and oxygen atoms in total. The van der Waals surface area contributed by atoms with Gasteiger partial charge in [-0.15, -0.1) is 0 Å². The van der Waals surface area contributed by atoms with Crippen LogP contribution >= 0.6 is 0 Å². The van der Waals surface area contributed by atoms with Gasteiger partial charge in [0.25, 0.3) is 5.16 Å². The quantitative estimate of drug-likeness (QED) is 0.621. The summed E-state index contributed by atoms with van der Waals surface area (Å²) in [6, 6.07) is 0. The Hall–Kier alpha value is -1.54. The van der Waals surface area contributed by atoms with Crippen molar-refractivity contribution in [1.82, 2.24) is 19.9 Å². The van der Waals surface area contributed by atoms with Crippen LogP contribution in [0.15, 0.2) is 17.7 Å². The Kier molecular flexibility index (Phi) is 1.54. The van der Waals surface area contributed by atoms with Crippen molar-refractivity contribution in [3.8, 4) is 0 Å². The monoisotopic (exact) mass is 199 g/mol. The van der Waals surface area contributed by atoms with Gasteiger partial charge in [0.05, 0.1) is 12.5 Å². The van der Waals surface area contributed by atoms with Gasteiger partial charge in [-0.25, -0.2) is 9.97 Å². The van der Waals surface area contributed by atoms with Crippen LogP contribution in [0.3, 0.4) is 0 Å². The van der Waals surface area contributed by atoms with Crippen LogP contribution in [0.1, 0.15) is 0 Å². The molecular formula is C5H3N4O3S. The van der Waals surface area contributed by atoms with Crippen molar-refractivity contribution < 1.29 is 13.0 Å². The Morgan fingerprint density at radius 2 is 2.08 bits per heavy atom. The molecule has 0 aromatic carbocycles. The van der Waals surface area contributed by atoms with Crippen LogP contribution in [-0.4, -0.2) is 28.4 Å². The first-order valence-electron chi connectivity index (χ1n) is 3.19. The Morgan fingerprint density at radius 1 is 1.31 bits per heavy atom. The van der Waals surface area contributed by atoms with Crippen LogP contribution in [0, 0.1) is 0 Å². The third-order valence-electron chi connectivity index (χ3n) is 1.38. The lowest BCUT2D eigenvalue weighted by molar-refractivity contribution is 0.407. The third kappa shape index (κ3) is 1.36. The first kappa shape index (κ1) is 8.08. The van der Waals surface area contributed by atoms with Gasteiger partial charge in [0.15, 0.2) is 5.65 Å². The Morgan fingerprint density at radius 3 is 2.77 bits per heavy atom. The molecule has 67 valence electrons. The van der Waals surface area contributed by atoms with Crippen LogP contribution in [0.2, 0.25) is 0 Å². The maximum Gasteiger partial charge on any atom is 0.360 e. The van der Waals surface area contributed by atoms with Gasteiger partial charge in [-0.05, 0) is 0 Å². The predicted octanol–water partition coefficient (Wildman–Crippen LogP) is -0.528. The second-order valence-corrected chi connectivity index (χ2v) is 3.52. The molecule has 0 bridgehead atoms. The standard InChI is InChI=1S/C5H3N4O3S/c10-13(11,12)5-6-1-3-4(9-5)8-2-7-3/h1-2H,(H,6,7,8,9). The maximum absolute atomic E-state index is 10.5. The summed E-state index contributed by atoms with van der Waals surface area (Å²) in [6.07, 6.45) is 2.50. The summed E-state index contributed by atoms with van der Waals surface area (Å²) in [6.45, 7) is 0. The van der Waals surface area contributed by atoms with Crippen LogP contribution in [0.4, 0.5) is 0 Å². The second kappa shape index (κ2) is 2.47. The molecule has 0 unspecified atom stereocenters. The molecule has 1 N–H and O–H groups in total. The molecule has 2 heterocycles. The average molecular weight is 199 g/mol. The molecule has 0 aliphatic rings. The molecule has 2 aromatic rings. The molecule has 8 heteroatoms. The van der Waals surface area contributed by atoms with E-state index in [1.54, 1.807) is 0 Å². The van der Waals surface area contributed by atoms with E-state index < -0.39 is 15.3 Å². The molecule has 0 aliphatic heterocycles. The summed E-state index contributed by atoms with van der Waals surface area (Å²) >= 11 is 0. The van der Waals surface area contributed by atoms with Gasteiger partial charge >= 0.3 is 10.1 Å². The zero-order valence-corrected chi connectivity index (χ0v) is 6.95. The molecule has 0 amide bonds. The van der Waals surface area contributed by atoms with Gasteiger partial charge < -0.3 is 4.98 Å². The van der Waals surface area contributed by atoms with E-state index in [1.807, 2.05) is 0 Å². The van der Waals surface area contributed by atoms with E-state index >= 15 is 0 Å². The summed E-state index contributed by atoms with van der Waals surface area (Å²) < 4.78 is 31.5. The fourth-order valence-corrected chi connectivity index (χ4v) is 1.23. The largest absolute Gasteiger partial charge is 0.360 e. The topological polar surface area (TPSA) is 109 Å². The van der Waals surface area contributed by atoms with E-state index in [4.69, 9.17) is 0 Å². The van der Waals surface area contributed by atoms with Crippen LogP contribution in [-0.2, 0) is 14.7 Å².